The maximum Gasteiger partial charge on any atom is 0.170 e. The van der Waals surface area contributed by atoms with Gasteiger partial charge in [0.15, 0.2) is 5.84 Å². The van der Waals surface area contributed by atoms with Gasteiger partial charge in [-0.05, 0) is 29.8 Å². The molecule has 0 atom stereocenters. The highest BCUT2D eigenvalue weighted by atomic mass is 35.5. The zero-order valence-corrected chi connectivity index (χ0v) is 11.2. The molecule has 2 aromatic rings. The molecule has 2 rings (SSSR count). The van der Waals surface area contributed by atoms with Crippen molar-refractivity contribution < 1.29 is 9.60 Å². The summed E-state index contributed by atoms with van der Waals surface area (Å²) in [4.78, 5) is 0. The average molecular weight is 294 g/mol. The number of para-hydroxylation sites is 1. The van der Waals surface area contributed by atoms with Crippen LogP contribution in [0.25, 0.3) is 0 Å². The van der Waals surface area contributed by atoms with E-state index in [2.05, 4.69) is 10.5 Å². The predicted octanol–water partition coefficient (Wildman–Crippen LogP) is 3.19. The summed E-state index contributed by atoms with van der Waals surface area (Å²) in [6.07, 6.45) is 0. The number of oxime groups is 1. The van der Waals surface area contributed by atoms with E-state index in [-0.39, 0.29) is 5.84 Å². The molecule has 0 amide bonds. The molecule has 4 N–H and O–H groups in total. The Kier molecular flexibility index (Phi) is 4.42. The topological polar surface area (TPSA) is 70.6 Å². The SMILES string of the molecule is NC(=NO)c1cc(F)ccc1CNc1ccccc1Cl. The number of hydrogen-bond acceptors (Lipinski definition) is 3. The number of nitrogens with one attached hydrogen (secondary N) is 1. The van der Waals surface area contributed by atoms with Crippen LogP contribution in [0.2, 0.25) is 5.02 Å². The smallest absolute Gasteiger partial charge is 0.170 e. The third kappa shape index (κ3) is 3.19. The highest BCUT2D eigenvalue weighted by Crippen LogP contribution is 2.22. The van der Waals surface area contributed by atoms with E-state index in [1.165, 1.54) is 12.1 Å². The Labute approximate surface area is 120 Å². The molecule has 0 aromatic heterocycles. The summed E-state index contributed by atoms with van der Waals surface area (Å²) in [6, 6.07) is 11.4. The Hall–Kier alpha value is -2.27. The lowest BCUT2D eigenvalue weighted by Gasteiger charge is -2.11. The first-order valence-corrected chi connectivity index (χ1v) is 6.24. The van der Waals surface area contributed by atoms with Crippen LogP contribution in [0.5, 0.6) is 0 Å². The van der Waals surface area contributed by atoms with Crippen molar-refractivity contribution in [2.45, 2.75) is 6.54 Å². The third-order valence-corrected chi connectivity index (χ3v) is 3.13. The lowest BCUT2D eigenvalue weighted by atomic mass is 10.1. The van der Waals surface area contributed by atoms with Gasteiger partial charge in [-0.1, -0.05) is 35.0 Å². The minimum absolute atomic E-state index is 0.138. The molecule has 0 spiro atoms. The maximum atomic E-state index is 13.2. The molecule has 6 heteroatoms. The van der Waals surface area contributed by atoms with Crippen molar-refractivity contribution >= 4 is 23.1 Å². The number of amidine groups is 1. The van der Waals surface area contributed by atoms with Gasteiger partial charge in [-0.15, -0.1) is 0 Å². The van der Waals surface area contributed by atoms with Gasteiger partial charge in [0.2, 0.25) is 0 Å². The Bertz CT molecular complexity index is 646. The van der Waals surface area contributed by atoms with E-state index in [1.54, 1.807) is 12.1 Å². The van der Waals surface area contributed by atoms with Crippen molar-refractivity contribution in [2.75, 3.05) is 5.32 Å². The Morgan fingerprint density at radius 3 is 2.75 bits per heavy atom. The van der Waals surface area contributed by atoms with Gasteiger partial charge in [-0.25, -0.2) is 4.39 Å². The van der Waals surface area contributed by atoms with E-state index in [4.69, 9.17) is 22.5 Å². The van der Waals surface area contributed by atoms with E-state index >= 15 is 0 Å². The summed E-state index contributed by atoms with van der Waals surface area (Å²) in [6.45, 7) is 0.371. The normalized spacial score (nSPS) is 11.4. The van der Waals surface area contributed by atoms with Crippen molar-refractivity contribution in [3.8, 4) is 0 Å². The highest BCUT2D eigenvalue weighted by molar-refractivity contribution is 6.33. The van der Waals surface area contributed by atoms with Crippen molar-refractivity contribution in [1.82, 2.24) is 0 Å². The standard InChI is InChI=1S/C14H13ClFN3O/c15-12-3-1-2-4-13(12)18-8-9-5-6-10(16)7-11(9)14(17)19-20/h1-7,18,20H,8H2,(H2,17,19). The molecule has 0 aliphatic heterocycles. The second-order valence-corrected chi connectivity index (χ2v) is 4.53. The van der Waals surface area contributed by atoms with Gasteiger partial charge >= 0.3 is 0 Å². The molecule has 0 radical (unpaired) electrons. The third-order valence-electron chi connectivity index (χ3n) is 2.80. The predicted molar refractivity (Wildman–Crippen MR) is 77.7 cm³/mol. The Balaban J connectivity index is 2.24. The first kappa shape index (κ1) is 14.1. The van der Waals surface area contributed by atoms with Gasteiger partial charge in [0, 0.05) is 12.1 Å². The molecule has 4 nitrogen and oxygen atoms in total. The monoisotopic (exact) mass is 293 g/mol. The van der Waals surface area contributed by atoms with Crippen LogP contribution in [0.4, 0.5) is 10.1 Å². The van der Waals surface area contributed by atoms with Gasteiger partial charge in [-0.3, -0.25) is 0 Å². The second-order valence-electron chi connectivity index (χ2n) is 4.12. The number of nitrogens with two attached hydrogens (primary N) is 1. The van der Waals surface area contributed by atoms with Crippen LogP contribution >= 0.6 is 11.6 Å². The number of hydrogen-bond donors (Lipinski definition) is 3. The lowest BCUT2D eigenvalue weighted by molar-refractivity contribution is 0.318. The van der Waals surface area contributed by atoms with E-state index in [9.17, 15) is 4.39 Å². The number of nitrogens with zero attached hydrogens (tertiary/aromatic N) is 1. The van der Waals surface area contributed by atoms with E-state index < -0.39 is 5.82 Å². The van der Waals surface area contributed by atoms with Crippen LogP contribution in [-0.2, 0) is 6.54 Å². The molecule has 0 fully saturated rings. The fourth-order valence-corrected chi connectivity index (χ4v) is 1.99. The highest BCUT2D eigenvalue weighted by Gasteiger charge is 2.09. The summed E-state index contributed by atoms with van der Waals surface area (Å²) < 4.78 is 13.2. The number of benzene rings is 2. The van der Waals surface area contributed by atoms with Gasteiger partial charge in [0.25, 0.3) is 0 Å². The second kappa shape index (κ2) is 6.25. The molecule has 0 bridgehead atoms. The van der Waals surface area contributed by atoms with Crippen molar-refractivity contribution in [3.05, 3.63) is 64.4 Å². The summed E-state index contributed by atoms with van der Waals surface area (Å²) in [5.41, 5.74) is 7.33. The zero-order chi connectivity index (χ0) is 14.5. The summed E-state index contributed by atoms with van der Waals surface area (Å²) in [5.74, 6) is -0.589. The molecule has 104 valence electrons. The van der Waals surface area contributed by atoms with E-state index in [1.807, 2.05) is 18.2 Å². The molecular weight excluding hydrogens is 281 g/mol. The molecule has 0 unspecified atom stereocenters. The number of halogens is 2. The Morgan fingerprint density at radius 1 is 1.30 bits per heavy atom. The molecule has 2 aromatic carbocycles. The van der Waals surface area contributed by atoms with Gasteiger partial charge in [0.05, 0.1) is 10.7 Å². The quantitative estimate of drug-likeness (QED) is 0.351. The van der Waals surface area contributed by atoms with Crippen LogP contribution in [0.3, 0.4) is 0 Å². The van der Waals surface area contributed by atoms with Crippen molar-refractivity contribution in [2.24, 2.45) is 10.9 Å². The largest absolute Gasteiger partial charge is 0.409 e. The zero-order valence-electron chi connectivity index (χ0n) is 10.5. The van der Waals surface area contributed by atoms with Crippen LogP contribution in [0.15, 0.2) is 47.6 Å². The molecule has 0 saturated carbocycles. The fraction of sp³-hybridized carbons (Fsp3) is 0.0714. The minimum atomic E-state index is -0.451. The molecule has 0 saturated heterocycles. The van der Waals surface area contributed by atoms with Crippen LogP contribution in [-0.4, -0.2) is 11.0 Å². The van der Waals surface area contributed by atoms with E-state index in [0.29, 0.717) is 22.7 Å². The number of anilines is 1. The molecule has 0 heterocycles. The van der Waals surface area contributed by atoms with Crippen molar-refractivity contribution in [3.63, 3.8) is 0 Å². The first-order valence-electron chi connectivity index (χ1n) is 5.86. The summed E-state index contributed by atoms with van der Waals surface area (Å²) >= 11 is 6.03. The van der Waals surface area contributed by atoms with Gasteiger partial charge in [0.1, 0.15) is 5.82 Å². The first-order chi connectivity index (χ1) is 9.61. The Morgan fingerprint density at radius 2 is 2.05 bits per heavy atom. The summed E-state index contributed by atoms with van der Waals surface area (Å²) in [7, 11) is 0. The molecular formula is C14H13ClFN3O. The van der Waals surface area contributed by atoms with Gasteiger partial charge in [-0.2, -0.15) is 0 Å². The molecule has 20 heavy (non-hydrogen) atoms. The minimum Gasteiger partial charge on any atom is -0.409 e. The maximum absolute atomic E-state index is 13.2. The van der Waals surface area contributed by atoms with Crippen molar-refractivity contribution in [1.29, 1.82) is 0 Å². The summed E-state index contributed by atoms with van der Waals surface area (Å²) in [5, 5.41) is 15.3. The van der Waals surface area contributed by atoms with Gasteiger partial charge < -0.3 is 16.3 Å². The fourth-order valence-electron chi connectivity index (χ4n) is 1.79. The lowest BCUT2D eigenvalue weighted by Crippen LogP contribution is -2.17. The van der Waals surface area contributed by atoms with E-state index in [0.717, 1.165) is 5.69 Å². The van der Waals surface area contributed by atoms with Crippen LogP contribution in [0, 0.1) is 5.82 Å². The van der Waals surface area contributed by atoms with Crippen LogP contribution in [0.1, 0.15) is 11.1 Å². The average Bonchev–Trinajstić information content (AvgIpc) is 2.46. The molecule has 0 aliphatic rings. The molecule has 0 aliphatic carbocycles. The number of rotatable bonds is 4. The van der Waals surface area contributed by atoms with Crippen LogP contribution < -0.4 is 11.1 Å².